The molecule has 1 aromatic rings. The van der Waals surface area contributed by atoms with E-state index in [1.807, 2.05) is 10.9 Å². The molecule has 0 amide bonds. The highest BCUT2D eigenvalue weighted by Crippen LogP contribution is 2.29. The standard InChI is InChI=1S/C16H30N4/c1-4-10-20(16-8-6-15(17)7-9-16)13(3)14-11-18-19(5-2)12-14/h11-13,15-16H,4-10,17H2,1-3H3. The van der Waals surface area contributed by atoms with Crippen LogP contribution < -0.4 is 5.73 Å². The minimum atomic E-state index is 0.424. The molecule has 1 heterocycles. The second kappa shape index (κ2) is 7.23. The van der Waals surface area contributed by atoms with Crippen molar-refractivity contribution in [3.8, 4) is 0 Å². The Balaban J connectivity index is 2.06. The van der Waals surface area contributed by atoms with Gasteiger partial charge in [0, 0.05) is 36.4 Å². The number of rotatable bonds is 6. The van der Waals surface area contributed by atoms with Crippen molar-refractivity contribution in [2.45, 2.75) is 77.5 Å². The second-order valence-electron chi connectivity index (χ2n) is 6.11. The molecule has 1 fully saturated rings. The number of hydrogen-bond acceptors (Lipinski definition) is 3. The summed E-state index contributed by atoms with van der Waals surface area (Å²) in [6.07, 6.45) is 10.3. The maximum absolute atomic E-state index is 6.05. The van der Waals surface area contributed by atoms with Crippen molar-refractivity contribution in [3.05, 3.63) is 18.0 Å². The van der Waals surface area contributed by atoms with Gasteiger partial charge in [0.15, 0.2) is 0 Å². The molecule has 0 bridgehead atoms. The van der Waals surface area contributed by atoms with Crippen LogP contribution in [0.2, 0.25) is 0 Å². The molecule has 2 N–H and O–H groups in total. The maximum atomic E-state index is 6.05. The fraction of sp³-hybridized carbons (Fsp3) is 0.812. The summed E-state index contributed by atoms with van der Waals surface area (Å²) in [5, 5.41) is 4.43. The van der Waals surface area contributed by atoms with Gasteiger partial charge in [-0.25, -0.2) is 0 Å². The molecule has 0 saturated heterocycles. The lowest BCUT2D eigenvalue weighted by molar-refractivity contribution is 0.107. The molecule has 0 aliphatic heterocycles. The number of hydrogen-bond donors (Lipinski definition) is 1. The van der Waals surface area contributed by atoms with E-state index in [1.165, 1.54) is 44.2 Å². The predicted molar refractivity (Wildman–Crippen MR) is 83.5 cm³/mol. The van der Waals surface area contributed by atoms with Gasteiger partial charge in [0.05, 0.1) is 6.20 Å². The van der Waals surface area contributed by atoms with Gasteiger partial charge in [-0.15, -0.1) is 0 Å². The number of aromatic nitrogens is 2. The molecule has 20 heavy (non-hydrogen) atoms. The van der Waals surface area contributed by atoms with Crippen molar-refractivity contribution in [2.24, 2.45) is 5.73 Å². The first-order valence-electron chi connectivity index (χ1n) is 8.19. The largest absolute Gasteiger partial charge is 0.328 e. The van der Waals surface area contributed by atoms with Crippen LogP contribution in [0.1, 0.15) is 64.5 Å². The summed E-state index contributed by atoms with van der Waals surface area (Å²) in [5.41, 5.74) is 7.39. The number of nitrogens with zero attached hydrogens (tertiary/aromatic N) is 3. The number of nitrogens with two attached hydrogens (primary N) is 1. The third kappa shape index (κ3) is 3.61. The molecule has 4 nitrogen and oxygen atoms in total. The molecule has 1 unspecified atom stereocenters. The Morgan fingerprint density at radius 3 is 2.60 bits per heavy atom. The van der Waals surface area contributed by atoms with Crippen molar-refractivity contribution in [3.63, 3.8) is 0 Å². The molecular weight excluding hydrogens is 248 g/mol. The summed E-state index contributed by atoms with van der Waals surface area (Å²) in [5.74, 6) is 0. The summed E-state index contributed by atoms with van der Waals surface area (Å²) < 4.78 is 2.02. The first-order valence-corrected chi connectivity index (χ1v) is 8.19. The highest BCUT2D eigenvalue weighted by atomic mass is 15.3. The molecule has 0 aromatic carbocycles. The topological polar surface area (TPSA) is 47.1 Å². The molecule has 114 valence electrons. The molecule has 1 aliphatic carbocycles. The van der Waals surface area contributed by atoms with Gasteiger partial charge in [0.25, 0.3) is 0 Å². The summed E-state index contributed by atoms with van der Waals surface area (Å²) in [4.78, 5) is 2.67. The zero-order valence-corrected chi connectivity index (χ0v) is 13.3. The van der Waals surface area contributed by atoms with Gasteiger partial charge in [0.2, 0.25) is 0 Å². The van der Waals surface area contributed by atoms with Gasteiger partial charge < -0.3 is 5.73 Å². The molecule has 1 saturated carbocycles. The Morgan fingerprint density at radius 1 is 1.35 bits per heavy atom. The van der Waals surface area contributed by atoms with Crippen LogP contribution in [0.25, 0.3) is 0 Å². The Labute approximate surface area is 123 Å². The van der Waals surface area contributed by atoms with E-state index in [2.05, 4.69) is 37.0 Å². The van der Waals surface area contributed by atoms with Gasteiger partial charge in [-0.3, -0.25) is 9.58 Å². The fourth-order valence-electron chi connectivity index (χ4n) is 3.34. The first-order chi connectivity index (χ1) is 9.65. The molecular formula is C16H30N4. The maximum Gasteiger partial charge on any atom is 0.0537 e. The number of aryl methyl sites for hydroxylation is 1. The third-order valence-corrected chi connectivity index (χ3v) is 4.65. The monoisotopic (exact) mass is 278 g/mol. The van der Waals surface area contributed by atoms with Gasteiger partial charge in [0.1, 0.15) is 0 Å². The Morgan fingerprint density at radius 2 is 2.05 bits per heavy atom. The lowest BCUT2D eigenvalue weighted by Crippen LogP contribution is -2.42. The van der Waals surface area contributed by atoms with Crippen LogP contribution in [-0.2, 0) is 6.54 Å². The zero-order chi connectivity index (χ0) is 14.5. The highest BCUT2D eigenvalue weighted by molar-refractivity contribution is 5.10. The lowest BCUT2D eigenvalue weighted by Gasteiger charge is -2.39. The Bertz CT molecular complexity index is 393. The van der Waals surface area contributed by atoms with E-state index in [-0.39, 0.29) is 0 Å². The van der Waals surface area contributed by atoms with E-state index < -0.39 is 0 Å². The zero-order valence-electron chi connectivity index (χ0n) is 13.3. The Kier molecular flexibility index (Phi) is 5.61. The molecule has 2 rings (SSSR count). The van der Waals surface area contributed by atoms with Crippen LogP contribution in [0.15, 0.2) is 12.4 Å². The van der Waals surface area contributed by atoms with E-state index in [4.69, 9.17) is 5.73 Å². The first kappa shape index (κ1) is 15.5. The van der Waals surface area contributed by atoms with Crippen molar-refractivity contribution in [2.75, 3.05) is 6.54 Å². The molecule has 1 aromatic heterocycles. The minimum Gasteiger partial charge on any atom is -0.328 e. The van der Waals surface area contributed by atoms with E-state index in [1.54, 1.807) is 0 Å². The molecule has 4 heteroatoms. The third-order valence-electron chi connectivity index (χ3n) is 4.65. The summed E-state index contributed by atoms with van der Waals surface area (Å²) in [7, 11) is 0. The normalized spacial score (nSPS) is 25.1. The Hall–Kier alpha value is -0.870. The quantitative estimate of drug-likeness (QED) is 0.870. The van der Waals surface area contributed by atoms with E-state index in [0.717, 1.165) is 6.54 Å². The van der Waals surface area contributed by atoms with Crippen molar-refractivity contribution < 1.29 is 0 Å². The summed E-state index contributed by atoms with van der Waals surface area (Å²) in [6.45, 7) is 8.83. The van der Waals surface area contributed by atoms with Gasteiger partial charge in [-0.05, 0) is 52.5 Å². The lowest BCUT2D eigenvalue weighted by atomic mass is 9.89. The van der Waals surface area contributed by atoms with Crippen LogP contribution >= 0.6 is 0 Å². The molecule has 0 radical (unpaired) electrons. The van der Waals surface area contributed by atoms with Gasteiger partial charge in [-0.2, -0.15) is 5.10 Å². The van der Waals surface area contributed by atoms with Crippen LogP contribution in [0, 0.1) is 0 Å². The predicted octanol–water partition coefficient (Wildman–Crippen LogP) is 2.95. The van der Waals surface area contributed by atoms with Crippen LogP contribution in [0.5, 0.6) is 0 Å². The van der Waals surface area contributed by atoms with Crippen LogP contribution in [0.3, 0.4) is 0 Å². The van der Waals surface area contributed by atoms with Crippen LogP contribution in [0.4, 0.5) is 0 Å². The molecule has 1 aliphatic rings. The highest BCUT2D eigenvalue weighted by Gasteiger charge is 2.28. The minimum absolute atomic E-state index is 0.424. The van der Waals surface area contributed by atoms with Gasteiger partial charge >= 0.3 is 0 Å². The summed E-state index contributed by atoms with van der Waals surface area (Å²) >= 11 is 0. The fourth-order valence-corrected chi connectivity index (χ4v) is 3.34. The molecule has 1 atom stereocenters. The van der Waals surface area contributed by atoms with Crippen LogP contribution in [-0.4, -0.2) is 33.3 Å². The summed E-state index contributed by atoms with van der Waals surface area (Å²) in [6, 6.07) is 1.57. The van der Waals surface area contributed by atoms with E-state index in [9.17, 15) is 0 Å². The second-order valence-corrected chi connectivity index (χ2v) is 6.11. The van der Waals surface area contributed by atoms with E-state index in [0.29, 0.717) is 18.1 Å². The molecule has 0 spiro atoms. The van der Waals surface area contributed by atoms with Crippen molar-refractivity contribution in [1.82, 2.24) is 14.7 Å². The SMILES string of the molecule is CCCN(C1CCC(N)CC1)C(C)c1cnn(CC)c1. The van der Waals surface area contributed by atoms with Gasteiger partial charge in [-0.1, -0.05) is 6.92 Å². The average molecular weight is 278 g/mol. The van der Waals surface area contributed by atoms with Crippen molar-refractivity contribution in [1.29, 1.82) is 0 Å². The smallest absolute Gasteiger partial charge is 0.0537 e. The van der Waals surface area contributed by atoms with E-state index >= 15 is 0 Å². The average Bonchev–Trinajstić information content (AvgIpc) is 2.94. The van der Waals surface area contributed by atoms with Crippen molar-refractivity contribution >= 4 is 0 Å².